The molecule has 0 unspecified atom stereocenters. The summed E-state index contributed by atoms with van der Waals surface area (Å²) in [6.45, 7) is 3.94. The first kappa shape index (κ1) is 17.1. The van der Waals surface area contributed by atoms with Crippen LogP contribution in [0.1, 0.15) is 19.8 Å². The number of likely N-dealkylation sites (tertiary alicyclic amines) is 1. The molecule has 0 N–H and O–H groups in total. The molecule has 1 aliphatic rings. The van der Waals surface area contributed by atoms with E-state index < -0.39 is 0 Å². The van der Waals surface area contributed by atoms with Gasteiger partial charge >= 0.3 is 0 Å². The highest BCUT2D eigenvalue weighted by Crippen LogP contribution is 2.17. The fourth-order valence-electron chi connectivity index (χ4n) is 2.52. The van der Waals surface area contributed by atoms with Gasteiger partial charge in [-0.2, -0.15) is 0 Å². The van der Waals surface area contributed by atoms with Gasteiger partial charge < -0.3 is 19.3 Å². The lowest BCUT2D eigenvalue weighted by atomic mass is 10.3. The van der Waals surface area contributed by atoms with Crippen molar-refractivity contribution >= 4 is 11.8 Å². The second kappa shape index (κ2) is 8.41. The number of ether oxygens (including phenoxy) is 2. The Kier molecular flexibility index (Phi) is 6.26. The minimum atomic E-state index is -0.115. The highest BCUT2D eigenvalue weighted by atomic mass is 16.5. The van der Waals surface area contributed by atoms with Crippen LogP contribution in [0.25, 0.3) is 0 Å². The summed E-state index contributed by atoms with van der Waals surface area (Å²) in [7, 11) is 1.61. The standard InChI is InChI=1S/C17H24N2O4/c1-14(20)19(13-17(21)18-9-3-4-10-18)11-12-23-16-7-5-15(22-2)6-8-16/h5-8H,3-4,9-13H2,1-2H3. The van der Waals surface area contributed by atoms with Crippen molar-refractivity contribution in [2.24, 2.45) is 0 Å². The maximum atomic E-state index is 12.1. The van der Waals surface area contributed by atoms with E-state index >= 15 is 0 Å². The molecule has 0 atom stereocenters. The van der Waals surface area contributed by atoms with E-state index in [9.17, 15) is 9.59 Å². The molecule has 0 aromatic heterocycles. The maximum absolute atomic E-state index is 12.1. The second-order valence-electron chi connectivity index (χ2n) is 5.55. The fourth-order valence-corrected chi connectivity index (χ4v) is 2.52. The second-order valence-corrected chi connectivity index (χ2v) is 5.55. The number of carbonyl (C=O) groups is 2. The van der Waals surface area contributed by atoms with E-state index in [0.717, 1.165) is 31.7 Å². The highest BCUT2D eigenvalue weighted by molar-refractivity contribution is 5.84. The molecule has 0 aliphatic carbocycles. The third-order valence-corrected chi connectivity index (χ3v) is 3.92. The first-order valence-corrected chi connectivity index (χ1v) is 7.90. The van der Waals surface area contributed by atoms with Gasteiger partial charge in [-0.3, -0.25) is 9.59 Å². The molecule has 2 rings (SSSR count). The number of amides is 2. The van der Waals surface area contributed by atoms with Crippen molar-refractivity contribution in [3.05, 3.63) is 24.3 Å². The lowest BCUT2D eigenvalue weighted by Crippen LogP contribution is -2.42. The third-order valence-electron chi connectivity index (χ3n) is 3.92. The van der Waals surface area contributed by atoms with Gasteiger partial charge in [0.1, 0.15) is 18.1 Å². The topological polar surface area (TPSA) is 59.1 Å². The summed E-state index contributed by atoms with van der Waals surface area (Å²) in [6.07, 6.45) is 2.10. The van der Waals surface area contributed by atoms with Crippen LogP contribution in [0, 0.1) is 0 Å². The number of rotatable bonds is 7. The smallest absolute Gasteiger partial charge is 0.242 e. The Morgan fingerprint density at radius 3 is 2.30 bits per heavy atom. The van der Waals surface area contributed by atoms with Gasteiger partial charge in [0, 0.05) is 20.0 Å². The molecule has 1 aliphatic heterocycles. The highest BCUT2D eigenvalue weighted by Gasteiger charge is 2.21. The van der Waals surface area contributed by atoms with Crippen molar-refractivity contribution in [1.82, 2.24) is 9.80 Å². The molecule has 1 saturated heterocycles. The largest absolute Gasteiger partial charge is 0.497 e. The molecular weight excluding hydrogens is 296 g/mol. The molecule has 1 aromatic carbocycles. The summed E-state index contributed by atoms with van der Waals surface area (Å²) in [6, 6.07) is 7.25. The lowest BCUT2D eigenvalue weighted by Gasteiger charge is -2.24. The summed E-state index contributed by atoms with van der Waals surface area (Å²) in [5.41, 5.74) is 0. The average Bonchev–Trinajstić information content (AvgIpc) is 3.09. The van der Waals surface area contributed by atoms with Crippen molar-refractivity contribution in [1.29, 1.82) is 0 Å². The predicted octanol–water partition coefficient (Wildman–Crippen LogP) is 1.54. The number of benzene rings is 1. The van der Waals surface area contributed by atoms with Gasteiger partial charge in [0.15, 0.2) is 0 Å². The van der Waals surface area contributed by atoms with Gasteiger partial charge in [-0.1, -0.05) is 0 Å². The number of hydrogen-bond donors (Lipinski definition) is 0. The van der Waals surface area contributed by atoms with Crippen molar-refractivity contribution < 1.29 is 19.1 Å². The lowest BCUT2D eigenvalue weighted by molar-refractivity contribution is -0.139. The Morgan fingerprint density at radius 1 is 1.13 bits per heavy atom. The van der Waals surface area contributed by atoms with E-state index in [2.05, 4.69) is 0 Å². The van der Waals surface area contributed by atoms with Gasteiger partial charge in [-0.15, -0.1) is 0 Å². The molecule has 1 heterocycles. The quantitative estimate of drug-likeness (QED) is 0.765. The molecule has 6 heteroatoms. The minimum Gasteiger partial charge on any atom is -0.497 e. The van der Waals surface area contributed by atoms with Gasteiger partial charge in [-0.05, 0) is 37.1 Å². The molecule has 0 bridgehead atoms. The van der Waals surface area contributed by atoms with Crippen LogP contribution in [-0.2, 0) is 9.59 Å². The van der Waals surface area contributed by atoms with Crippen LogP contribution in [0.3, 0.4) is 0 Å². The van der Waals surface area contributed by atoms with Gasteiger partial charge in [0.2, 0.25) is 11.8 Å². The Bertz CT molecular complexity index is 524. The fraction of sp³-hybridized carbons (Fsp3) is 0.529. The van der Waals surface area contributed by atoms with E-state index in [1.165, 1.54) is 11.8 Å². The van der Waals surface area contributed by atoms with E-state index in [-0.39, 0.29) is 18.4 Å². The monoisotopic (exact) mass is 320 g/mol. The summed E-state index contributed by atoms with van der Waals surface area (Å²) in [5.74, 6) is 1.37. The SMILES string of the molecule is COc1ccc(OCCN(CC(=O)N2CCCC2)C(C)=O)cc1. The summed E-state index contributed by atoms with van der Waals surface area (Å²) in [4.78, 5) is 27.2. The summed E-state index contributed by atoms with van der Waals surface area (Å²) < 4.78 is 10.7. The van der Waals surface area contributed by atoms with Gasteiger partial charge in [0.05, 0.1) is 20.2 Å². The normalized spacial score (nSPS) is 13.7. The van der Waals surface area contributed by atoms with Crippen molar-refractivity contribution in [3.63, 3.8) is 0 Å². The van der Waals surface area contributed by atoms with E-state index in [4.69, 9.17) is 9.47 Å². The average molecular weight is 320 g/mol. The summed E-state index contributed by atoms with van der Waals surface area (Å²) in [5, 5.41) is 0. The molecule has 1 fully saturated rings. The molecule has 1 aromatic rings. The zero-order valence-electron chi connectivity index (χ0n) is 13.8. The molecule has 0 radical (unpaired) electrons. The van der Waals surface area contributed by atoms with Crippen molar-refractivity contribution in [2.75, 3.05) is 39.9 Å². The Hall–Kier alpha value is -2.24. The zero-order chi connectivity index (χ0) is 16.7. The molecule has 0 saturated carbocycles. The first-order chi connectivity index (χ1) is 11.1. The first-order valence-electron chi connectivity index (χ1n) is 7.90. The Balaban J connectivity index is 1.79. The van der Waals surface area contributed by atoms with Crippen LogP contribution in [0.5, 0.6) is 11.5 Å². The molecule has 2 amide bonds. The van der Waals surface area contributed by atoms with E-state index in [0.29, 0.717) is 18.9 Å². The number of methoxy groups -OCH3 is 1. The van der Waals surface area contributed by atoms with Gasteiger partial charge in [0.25, 0.3) is 0 Å². The number of nitrogens with zero attached hydrogens (tertiary/aromatic N) is 2. The van der Waals surface area contributed by atoms with Crippen LogP contribution >= 0.6 is 0 Å². The molecular formula is C17H24N2O4. The maximum Gasteiger partial charge on any atom is 0.242 e. The number of hydrogen-bond acceptors (Lipinski definition) is 4. The zero-order valence-corrected chi connectivity index (χ0v) is 13.8. The Morgan fingerprint density at radius 2 is 1.74 bits per heavy atom. The van der Waals surface area contributed by atoms with Crippen molar-refractivity contribution in [2.45, 2.75) is 19.8 Å². The number of carbonyl (C=O) groups excluding carboxylic acids is 2. The van der Waals surface area contributed by atoms with Crippen LogP contribution in [0.2, 0.25) is 0 Å². The third kappa shape index (κ3) is 5.16. The van der Waals surface area contributed by atoms with Crippen LogP contribution < -0.4 is 9.47 Å². The molecule has 6 nitrogen and oxygen atoms in total. The van der Waals surface area contributed by atoms with Crippen LogP contribution in [0.15, 0.2) is 24.3 Å². The molecule has 23 heavy (non-hydrogen) atoms. The van der Waals surface area contributed by atoms with Gasteiger partial charge in [-0.25, -0.2) is 0 Å². The van der Waals surface area contributed by atoms with Crippen LogP contribution in [0.4, 0.5) is 0 Å². The molecule has 0 spiro atoms. The minimum absolute atomic E-state index is 0.0159. The Labute approximate surface area is 137 Å². The van der Waals surface area contributed by atoms with Crippen LogP contribution in [-0.4, -0.2) is 61.5 Å². The predicted molar refractivity (Wildman–Crippen MR) is 86.6 cm³/mol. The van der Waals surface area contributed by atoms with E-state index in [1.807, 2.05) is 29.2 Å². The van der Waals surface area contributed by atoms with E-state index in [1.54, 1.807) is 7.11 Å². The summed E-state index contributed by atoms with van der Waals surface area (Å²) >= 11 is 0. The molecule has 126 valence electrons. The van der Waals surface area contributed by atoms with Crippen molar-refractivity contribution in [3.8, 4) is 11.5 Å².